The van der Waals surface area contributed by atoms with Crippen molar-refractivity contribution >= 4 is 11.8 Å². The van der Waals surface area contributed by atoms with E-state index in [0.29, 0.717) is 18.4 Å². The van der Waals surface area contributed by atoms with Gasteiger partial charge in [-0.2, -0.15) is 0 Å². The van der Waals surface area contributed by atoms with Crippen LogP contribution < -0.4 is 0 Å². The molecule has 2 atom stereocenters. The molecule has 5 nitrogen and oxygen atoms in total. The molecule has 2 unspecified atom stereocenters. The number of nitrogens with zero attached hydrogens (tertiary/aromatic N) is 1. The maximum absolute atomic E-state index is 13.0. The van der Waals surface area contributed by atoms with Crippen LogP contribution in [0.5, 0.6) is 0 Å². The molecule has 38 heavy (non-hydrogen) atoms. The van der Waals surface area contributed by atoms with E-state index in [1.54, 1.807) is 0 Å². The highest BCUT2D eigenvalue weighted by Crippen LogP contribution is 2.36. The number of hydrogen-bond donors (Lipinski definition) is 1. The zero-order valence-electron chi connectivity index (χ0n) is 22.7. The second-order valence-electron chi connectivity index (χ2n) is 10.8. The third-order valence-electron chi connectivity index (χ3n) is 7.91. The number of carbonyl (C=O) groups is 2. The molecule has 5 heteroatoms. The Labute approximate surface area is 226 Å². The molecule has 4 rings (SSSR count). The fourth-order valence-corrected chi connectivity index (χ4v) is 5.64. The lowest BCUT2D eigenvalue weighted by atomic mass is 9.79. The van der Waals surface area contributed by atoms with Crippen molar-refractivity contribution in [3.63, 3.8) is 0 Å². The first-order chi connectivity index (χ1) is 18.3. The lowest BCUT2D eigenvalue weighted by molar-refractivity contribution is -0.146. The van der Waals surface area contributed by atoms with Gasteiger partial charge in [-0.05, 0) is 56.3 Å². The molecule has 1 N–H and O–H groups in total. The van der Waals surface area contributed by atoms with Gasteiger partial charge >= 0.3 is 5.97 Å². The minimum Gasteiger partial charge on any atom is -0.468 e. The number of carbonyl (C=O) groups excluding carboxylic acids is 2. The second kappa shape index (κ2) is 12.5. The van der Waals surface area contributed by atoms with Crippen LogP contribution in [-0.2, 0) is 14.9 Å². The van der Waals surface area contributed by atoms with Crippen molar-refractivity contribution in [1.82, 2.24) is 4.90 Å². The third kappa shape index (κ3) is 6.40. The average molecular weight is 514 g/mol. The molecular formula is C33H39NO4. The molecule has 0 amide bonds. The van der Waals surface area contributed by atoms with Crippen molar-refractivity contribution in [2.24, 2.45) is 0 Å². The molecule has 3 aromatic rings. The lowest BCUT2D eigenvalue weighted by Gasteiger charge is -2.42. The van der Waals surface area contributed by atoms with Crippen molar-refractivity contribution in [3.05, 3.63) is 107 Å². The van der Waals surface area contributed by atoms with Crippen molar-refractivity contribution in [2.75, 3.05) is 20.2 Å². The van der Waals surface area contributed by atoms with Gasteiger partial charge in [0, 0.05) is 30.5 Å². The monoisotopic (exact) mass is 513 g/mol. The van der Waals surface area contributed by atoms with E-state index in [9.17, 15) is 14.7 Å². The molecule has 0 spiro atoms. The zero-order chi connectivity index (χ0) is 27.1. The van der Waals surface area contributed by atoms with Crippen LogP contribution in [0.2, 0.25) is 0 Å². The predicted octanol–water partition coefficient (Wildman–Crippen LogP) is 5.76. The molecule has 1 heterocycles. The van der Waals surface area contributed by atoms with Crippen molar-refractivity contribution in [3.8, 4) is 0 Å². The average Bonchev–Trinajstić information content (AvgIpc) is 2.95. The van der Waals surface area contributed by atoms with Crippen LogP contribution in [0, 0.1) is 0 Å². The number of benzene rings is 3. The summed E-state index contributed by atoms with van der Waals surface area (Å²) in [6, 6.07) is 28.5. The first kappa shape index (κ1) is 27.7. The number of rotatable bonds is 10. The molecule has 0 aromatic heterocycles. The predicted molar refractivity (Wildman–Crippen MR) is 150 cm³/mol. The first-order valence-electron chi connectivity index (χ1n) is 13.6. The normalized spacial score (nSPS) is 18.3. The Balaban J connectivity index is 1.44. The molecule has 1 saturated heterocycles. The van der Waals surface area contributed by atoms with Crippen molar-refractivity contribution in [2.45, 2.75) is 63.0 Å². The van der Waals surface area contributed by atoms with E-state index < -0.39 is 5.41 Å². The lowest BCUT2D eigenvalue weighted by Crippen LogP contribution is -2.48. The summed E-state index contributed by atoms with van der Waals surface area (Å²) in [7, 11) is 1.39. The Morgan fingerprint density at radius 2 is 1.53 bits per heavy atom. The number of ether oxygens (including phenoxy) is 1. The molecule has 200 valence electrons. The number of hydrogen-bond acceptors (Lipinski definition) is 5. The van der Waals surface area contributed by atoms with Crippen LogP contribution in [0.25, 0.3) is 0 Å². The molecule has 3 aromatic carbocycles. The summed E-state index contributed by atoms with van der Waals surface area (Å²) in [5.74, 6) is -0.0560. The summed E-state index contributed by atoms with van der Waals surface area (Å²) >= 11 is 0. The van der Waals surface area contributed by atoms with Gasteiger partial charge in [-0.3, -0.25) is 14.5 Å². The number of likely N-dealkylation sites (tertiary alicyclic amines) is 1. The molecule has 0 aliphatic carbocycles. The highest BCUT2D eigenvalue weighted by molar-refractivity contribution is 5.96. The number of esters is 1. The van der Waals surface area contributed by atoms with Gasteiger partial charge in [-0.15, -0.1) is 0 Å². The molecule has 0 saturated carbocycles. The van der Waals surface area contributed by atoms with Crippen LogP contribution in [0.3, 0.4) is 0 Å². The maximum atomic E-state index is 13.0. The maximum Gasteiger partial charge on any atom is 0.315 e. The first-order valence-corrected chi connectivity index (χ1v) is 13.6. The van der Waals surface area contributed by atoms with Crippen LogP contribution in [0.4, 0.5) is 0 Å². The zero-order valence-corrected chi connectivity index (χ0v) is 22.7. The van der Waals surface area contributed by atoms with Gasteiger partial charge in [0.05, 0.1) is 18.6 Å². The topological polar surface area (TPSA) is 66.8 Å². The summed E-state index contributed by atoms with van der Waals surface area (Å²) in [5.41, 5.74) is 3.20. The van der Waals surface area contributed by atoms with Crippen molar-refractivity contribution < 1.29 is 19.4 Å². The third-order valence-corrected chi connectivity index (χ3v) is 7.91. The smallest absolute Gasteiger partial charge is 0.315 e. The number of aliphatic hydroxyl groups is 1. The van der Waals surface area contributed by atoms with Gasteiger partial charge in [0.1, 0.15) is 0 Å². The molecule has 1 fully saturated rings. The Kier molecular flexibility index (Phi) is 9.13. The van der Waals surface area contributed by atoms with E-state index >= 15 is 0 Å². The number of aliphatic hydroxyl groups excluding tert-OH is 1. The number of ketones is 1. The van der Waals surface area contributed by atoms with E-state index in [2.05, 4.69) is 53.4 Å². The van der Waals surface area contributed by atoms with E-state index in [0.717, 1.165) is 31.5 Å². The molecule has 1 aliphatic rings. The van der Waals surface area contributed by atoms with Gasteiger partial charge in [0.15, 0.2) is 5.78 Å². The van der Waals surface area contributed by atoms with Gasteiger partial charge in [-0.1, -0.05) is 84.9 Å². The highest BCUT2D eigenvalue weighted by atomic mass is 16.5. The van der Waals surface area contributed by atoms with Crippen molar-refractivity contribution in [1.29, 1.82) is 0 Å². The SMILES string of the molecule is COC(=O)C(C)(C)c1ccc(C(=O)CCCN2CCC(O)CC2C(c2ccccc2)c2ccccc2)cc1. The van der Waals surface area contributed by atoms with Crippen LogP contribution in [-0.4, -0.2) is 54.1 Å². The summed E-state index contributed by atoms with van der Waals surface area (Å²) < 4.78 is 4.92. The van der Waals surface area contributed by atoms with Gasteiger partial charge in [0.25, 0.3) is 0 Å². The number of methoxy groups -OCH3 is 1. The Morgan fingerprint density at radius 1 is 0.947 bits per heavy atom. The quantitative estimate of drug-likeness (QED) is 0.276. The standard InChI is InChI=1S/C33H39NO4/c1-33(2,32(37)38-3)27-18-16-24(17-19-27)30(36)15-10-21-34-22-20-28(35)23-29(34)31(25-11-6-4-7-12-25)26-13-8-5-9-14-26/h4-9,11-14,16-19,28-29,31,35H,10,15,20-23H2,1-3H3. The number of piperidine rings is 1. The molecular weight excluding hydrogens is 474 g/mol. The highest BCUT2D eigenvalue weighted by Gasteiger charge is 2.35. The van der Waals surface area contributed by atoms with Gasteiger partial charge in [0.2, 0.25) is 0 Å². The minimum absolute atomic E-state index is 0.101. The van der Waals surface area contributed by atoms with E-state index in [-0.39, 0.29) is 29.8 Å². The Bertz CT molecular complexity index is 1150. The molecule has 0 radical (unpaired) electrons. The summed E-state index contributed by atoms with van der Waals surface area (Å²) in [4.78, 5) is 27.6. The number of Topliss-reactive ketones (excluding diaryl/α,β-unsaturated/α-hetero) is 1. The van der Waals surface area contributed by atoms with E-state index in [4.69, 9.17) is 4.74 Å². The Hall–Kier alpha value is -3.28. The summed E-state index contributed by atoms with van der Waals surface area (Å²) in [5, 5.41) is 10.6. The van der Waals surface area contributed by atoms with Crippen LogP contribution in [0.15, 0.2) is 84.9 Å². The second-order valence-corrected chi connectivity index (χ2v) is 10.8. The molecule has 1 aliphatic heterocycles. The fourth-order valence-electron chi connectivity index (χ4n) is 5.64. The largest absolute Gasteiger partial charge is 0.468 e. The summed E-state index contributed by atoms with van der Waals surface area (Å²) in [6.07, 6.45) is 2.34. The van der Waals surface area contributed by atoms with E-state index in [1.807, 2.05) is 50.2 Å². The van der Waals surface area contributed by atoms with Crippen LogP contribution in [0.1, 0.15) is 72.5 Å². The minimum atomic E-state index is -0.766. The molecule has 0 bridgehead atoms. The van der Waals surface area contributed by atoms with Gasteiger partial charge < -0.3 is 9.84 Å². The summed E-state index contributed by atoms with van der Waals surface area (Å²) in [6.45, 7) is 5.25. The van der Waals surface area contributed by atoms with E-state index in [1.165, 1.54) is 18.2 Å². The Morgan fingerprint density at radius 3 is 2.08 bits per heavy atom. The van der Waals surface area contributed by atoms with Crippen LogP contribution >= 0.6 is 0 Å². The van der Waals surface area contributed by atoms with Gasteiger partial charge in [-0.25, -0.2) is 0 Å². The fraction of sp³-hybridized carbons (Fsp3) is 0.394.